The van der Waals surface area contributed by atoms with Gasteiger partial charge in [-0.15, -0.1) is 0 Å². The number of pyridine rings is 1. The molecule has 0 spiro atoms. The smallest absolute Gasteiger partial charge is 0.286 e. The van der Waals surface area contributed by atoms with Gasteiger partial charge in [0.1, 0.15) is 0 Å². The van der Waals surface area contributed by atoms with Crippen molar-refractivity contribution in [3.63, 3.8) is 0 Å². The van der Waals surface area contributed by atoms with Gasteiger partial charge in [0, 0.05) is 28.4 Å². The average molecular weight is 422 g/mol. The number of benzene rings is 1. The second kappa shape index (κ2) is 11.6. The molecule has 2 rings (SSSR count). The van der Waals surface area contributed by atoms with Crippen LogP contribution in [0.25, 0.3) is 10.9 Å². The molecule has 1 atom stereocenters. The second-order valence-electron chi connectivity index (χ2n) is 6.99. The molecule has 0 aliphatic rings. The molecule has 0 aliphatic carbocycles. The van der Waals surface area contributed by atoms with Crippen molar-refractivity contribution in [3.8, 4) is 0 Å². The molecule has 2 aromatic rings. The van der Waals surface area contributed by atoms with Crippen LogP contribution in [0.2, 0.25) is 5.02 Å². The molecule has 4 nitrogen and oxygen atoms in total. The minimum Gasteiger partial charge on any atom is -0.304 e. The Kier molecular flexibility index (Phi) is 9.56. The first kappa shape index (κ1) is 23.0. The maximum absolute atomic E-state index is 13.1. The Labute approximate surface area is 178 Å². The van der Waals surface area contributed by atoms with Crippen LogP contribution in [0, 0.1) is 0 Å². The number of hydrogen-bond donors (Lipinski definition) is 0. The monoisotopic (exact) mass is 421 g/mol. The Hall–Kier alpha value is -1.30. The summed E-state index contributed by atoms with van der Waals surface area (Å²) in [6.45, 7) is 11.8. The van der Waals surface area contributed by atoms with E-state index in [4.69, 9.17) is 11.6 Å². The third-order valence-corrected chi connectivity index (χ3v) is 6.29. The van der Waals surface area contributed by atoms with Gasteiger partial charge in [0.15, 0.2) is 0 Å². The van der Waals surface area contributed by atoms with Crippen LogP contribution in [0.4, 0.5) is 10.5 Å². The van der Waals surface area contributed by atoms with E-state index in [-0.39, 0.29) is 11.3 Å². The van der Waals surface area contributed by atoms with Gasteiger partial charge in [-0.3, -0.25) is 14.7 Å². The second-order valence-corrected chi connectivity index (χ2v) is 8.48. The summed E-state index contributed by atoms with van der Waals surface area (Å²) in [6, 6.07) is 7.75. The van der Waals surface area contributed by atoms with E-state index >= 15 is 0 Å². The largest absolute Gasteiger partial charge is 0.304 e. The summed E-state index contributed by atoms with van der Waals surface area (Å²) < 4.78 is 0. The summed E-state index contributed by atoms with van der Waals surface area (Å²) in [4.78, 5) is 21.9. The molecule has 154 valence electrons. The zero-order valence-electron chi connectivity index (χ0n) is 17.4. The van der Waals surface area contributed by atoms with Crippen molar-refractivity contribution in [2.45, 2.75) is 53.0 Å². The lowest BCUT2D eigenvalue weighted by Gasteiger charge is -2.30. The molecule has 1 aromatic heterocycles. The van der Waals surface area contributed by atoms with Crippen LogP contribution in [0.5, 0.6) is 0 Å². The summed E-state index contributed by atoms with van der Waals surface area (Å²) in [6.07, 6.45) is 4.78. The molecule has 1 unspecified atom stereocenters. The molecule has 0 N–H and O–H groups in total. The van der Waals surface area contributed by atoms with Gasteiger partial charge in [-0.05, 0) is 70.1 Å². The molecule has 1 heterocycles. The zero-order chi connectivity index (χ0) is 20.5. The normalized spacial score (nSPS) is 12.5. The molecule has 0 fully saturated rings. The lowest BCUT2D eigenvalue weighted by molar-refractivity contribution is 0.261. The molecule has 0 aliphatic heterocycles. The molecule has 0 saturated carbocycles. The molecule has 0 saturated heterocycles. The number of halogens is 1. The molecular weight excluding hydrogens is 390 g/mol. The van der Waals surface area contributed by atoms with Crippen LogP contribution < -0.4 is 4.90 Å². The average Bonchev–Trinajstić information content (AvgIpc) is 2.69. The first-order valence-electron chi connectivity index (χ1n) is 10.2. The van der Waals surface area contributed by atoms with E-state index in [0.29, 0.717) is 5.02 Å². The minimum atomic E-state index is 0.111. The Balaban J connectivity index is 2.28. The van der Waals surface area contributed by atoms with Gasteiger partial charge in [-0.2, -0.15) is 0 Å². The summed E-state index contributed by atoms with van der Waals surface area (Å²) in [5, 5.41) is 1.73. The van der Waals surface area contributed by atoms with E-state index in [1.54, 1.807) is 6.20 Å². The lowest BCUT2D eigenvalue weighted by atomic mass is 10.1. The molecule has 0 bridgehead atoms. The number of rotatable bonds is 10. The number of fused-ring (bicyclic) bond motifs is 1. The fourth-order valence-corrected chi connectivity index (χ4v) is 4.33. The predicted octanol–water partition coefficient (Wildman–Crippen LogP) is 6.47. The fourth-order valence-electron chi connectivity index (χ4n) is 3.37. The van der Waals surface area contributed by atoms with E-state index in [9.17, 15) is 4.79 Å². The zero-order valence-corrected chi connectivity index (χ0v) is 19.0. The van der Waals surface area contributed by atoms with Crippen molar-refractivity contribution < 1.29 is 4.79 Å². The SMILES string of the molecule is CCCSC(=O)N(c1ccnc2cc(Cl)ccc12)C(C)CCCN(CC)CC. The molecular formula is C22H32ClN3OS. The van der Waals surface area contributed by atoms with Gasteiger partial charge < -0.3 is 4.90 Å². The first-order chi connectivity index (χ1) is 13.5. The standard InChI is InChI=1S/C22H32ClN3OS/c1-5-15-28-22(27)26(17(4)9-8-14-25(6-2)7-3)21-12-13-24-20-16-18(23)10-11-19(20)21/h10-13,16-17H,5-9,14-15H2,1-4H3. The molecule has 1 amide bonds. The predicted molar refractivity (Wildman–Crippen MR) is 124 cm³/mol. The summed E-state index contributed by atoms with van der Waals surface area (Å²) >= 11 is 7.54. The molecule has 0 radical (unpaired) electrons. The van der Waals surface area contributed by atoms with E-state index in [1.807, 2.05) is 29.2 Å². The van der Waals surface area contributed by atoms with E-state index in [1.165, 1.54) is 11.8 Å². The quantitative estimate of drug-likeness (QED) is 0.440. The number of anilines is 1. The van der Waals surface area contributed by atoms with Gasteiger partial charge in [0.25, 0.3) is 5.24 Å². The van der Waals surface area contributed by atoms with Crippen molar-refractivity contribution in [2.24, 2.45) is 0 Å². The summed E-state index contributed by atoms with van der Waals surface area (Å²) in [7, 11) is 0. The highest BCUT2D eigenvalue weighted by Gasteiger charge is 2.24. The van der Waals surface area contributed by atoms with E-state index in [2.05, 4.69) is 37.6 Å². The maximum atomic E-state index is 13.1. The molecule has 28 heavy (non-hydrogen) atoms. The van der Waals surface area contributed by atoms with Gasteiger partial charge in [0.05, 0.1) is 11.2 Å². The first-order valence-corrected chi connectivity index (χ1v) is 11.6. The van der Waals surface area contributed by atoms with Gasteiger partial charge in [-0.25, -0.2) is 0 Å². The van der Waals surface area contributed by atoms with Crippen LogP contribution in [0.3, 0.4) is 0 Å². The number of amides is 1. The van der Waals surface area contributed by atoms with Crippen LogP contribution in [-0.2, 0) is 0 Å². The Morgan fingerprint density at radius 2 is 1.96 bits per heavy atom. The topological polar surface area (TPSA) is 36.4 Å². The summed E-state index contributed by atoms with van der Waals surface area (Å²) in [5.74, 6) is 0.830. The van der Waals surface area contributed by atoms with Crippen molar-refractivity contribution in [1.29, 1.82) is 0 Å². The highest BCUT2D eigenvalue weighted by Crippen LogP contribution is 2.32. The van der Waals surface area contributed by atoms with Gasteiger partial charge in [-0.1, -0.05) is 44.1 Å². The molecule has 1 aromatic carbocycles. The third kappa shape index (κ3) is 6.10. The van der Waals surface area contributed by atoms with Gasteiger partial charge >= 0.3 is 0 Å². The maximum Gasteiger partial charge on any atom is 0.286 e. The van der Waals surface area contributed by atoms with Crippen molar-refractivity contribution in [1.82, 2.24) is 9.88 Å². The Morgan fingerprint density at radius 1 is 1.21 bits per heavy atom. The Bertz CT molecular complexity index is 767. The van der Waals surface area contributed by atoms with E-state index < -0.39 is 0 Å². The van der Waals surface area contributed by atoms with Crippen LogP contribution >= 0.6 is 23.4 Å². The van der Waals surface area contributed by atoms with Crippen LogP contribution in [0.1, 0.15) is 47.0 Å². The molecule has 6 heteroatoms. The number of carbonyl (C=O) groups excluding carboxylic acids is 1. The summed E-state index contributed by atoms with van der Waals surface area (Å²) in [5.41, 5.74) is 1.74. The highest BCUT2D eigenvalue weighted by atomic mass is 35.5. The Morgan fingerprint density at radius 3 is 2.64 bits per heavy atom. The number of thioether (sulfide) groups is 1. The fraction of sp³-hybridized carbons (Fsp3) is 0.545. The van der Waals surface area contributed by atoms with Crippen LogP contribution in [0.15, 0.2) is 30.5 Å². The van der Waals surface area contributed by atoms with Crippen molar-refractivity contribution in [3.05, 3.63) is 35.5 Å². The number of aromatic nitrogens is 1. The number of hydrogen-bond acceptors (Lipinski definition) is 4. The number of nitrogens with zero attached hydrogens (tertiary/aromatic N) is 3. The third-order valence-electron chi connectivity index (χ3n) is 5.00. The minimum absolute atomic E-state index is 0.111. The lowest BCUT2D eigenvalue weighted by Crippen LogP contribution is -2.37. The van der Waals surface area contributed by atoms with Gasteiger partial charge in [0.2, 0.25) is 0 Å². The van der Waals surface area contributed by atoms with Crippen molar-refractivity contribution in [2.75, 3.05) is 30.3 Å². The van der Waals surface area contributed by atoms with Crippen LogP contribution in [-0.4, -0.2) is 46.6 Å². The number of carbonyl (C=O) groups is 1. The van der Waals surface area contributed by atoms with Crippen molar-refractivity contribution >= 4 is 45.2 Å². The van der Waals surface area contributed by atoms with E-state index in [0.717, 1.165) is 61.2 Å². The highest BCUT2D eigenvalue weighted by molar-refractivity contribution is 8.13.